The number of piperidine rings is 1. The molecule has 2 aromatic rings. The maximum absolute atomic E-state index is 12.9. The number of likely N-dealkylation sites (tertiary alicyclic amines) is 1. The van der Waals surface area contributed by atoms with Crippen LogP contribution >= 0.6 is 0 Å². The minimum atomic E-state index is -0.303. The van der Waals surface area contributed by atoms with Crippen molar-refractivity contribution in [3.05, 3.63) is 60.2 Å². The number of aromatic nitrogens is 1. The van der Waals surface area contributed by atoms with Gasteiger partial charge in [-0.1, -0.05) is 12.1 Å². The number of nitrogens with zero attached hydrogens (tertiary/aromatic N) is 2. The minimum Gasteiger partial charge on any atom is -0.352 e. The molecule has 1 fully saturated rings. The first-order valence-electron chi connectivity index (χ1n) is 9.74. The number of hydrogen-bond donors (Lipinski definition) is 3. The molecule has 7 nitrogen and oxygen atoms in total. The van der Waals surface area contributed by atoms with E-state index in [1.807, 2.05) is 0 Å². The van der Waals surface area contributed by atoms with Crippen molar-refractivity contribution in [1.29, 1.82) is 0 Å². The summed E-state index contributed by atoms with van der Waals surface area (Å²) in [5.74, 6) is -0.237. The summed E-state index contributed by atoms with van der Waals surface area (Å²) in [6, 6.07) is 9.10. The molecule has 0 radical (unpaired) electrons. The maximum Gasteiger partial charge on any atom is 0.321 e. The molecular weight excluding hydrogens is 373 g/mol. The van der Waals surface area contributed by atoms with Gasteiger partial charge in [0.25, 0.3) is 0 Å². The van der Waals surface area contributed by atoms with Gasteiger partial charge < -0.3 is 21.3 Å². The molecule has 2 heterocycles. The van der Waals surface area contributed by atoms with Crippen LogP contribution < -0.4 is 16.4 Å². The summed E-state index contributed by atoms with van der Waals surface area (Å²) in [4.78, 5) is 30.2. The molecule has 1 saturated heterocycles. The molecule has 1 aliphatic heterocycles. The Kier molecular flexibility index (Phi) is 7.13. The summed E-state index contributed by atoms with van der Waals surface area (Å²) in [5.41, 5.74) is 7.79. The molecule has 1 unspecified atom stereocenters. The summed E-state index contributed by atoms with van der Waals surface area (Å²) in [5, 5.41) is 5.67. The van der Waals surface area contributed by atoms with Gasteiger partial charge in [0.1, 0.15) is 5.82 Å². The zero-order valence-corrected chi connectivity index (χ0v) is 16.2. The molecule has 0 saturated carbocycles. The van der Waals surface area contributed by atoms with Gasteiger partial charge >= 0.3 is 6.03 Å². The van der Waals surface area contributed by atoms with Crippen molar-refractivity contribution in [2.75, 3.05) is 18.4 Å². The van der Waals surface area contributed by atoms with Crippen molar-refractivity contribution in [2.24, 2.45) is 11.7 Å². The molecule has 0 bridgehead atoms. The zero-order chi connectivity index (χ0) is 20.6. The number of anilines is 1. The molecule has 29 heavy (non-hydrogen) atoms. The van der Waals surface area contributed by atoms with Crippen molar-refractivity contribution >= 4 is 17.6 Å². The molecule has 8 heteroatoms. The number of carbonyl (C=O) groups excluding carboxylic acids is 2. The molecule has 3 amide bonds. The number of urea groups is 1. The first-order chi connectivity index (χ1) is 14.0. The number of amides is 3. The second-order valence-corrected chi connectivity index (χ2v) is 7.26. The van der Waals surface area contributed by atoms with Gasteiger partial charge in [-0.3, -0.25) is 9.78 Å². The highest BCUT2D eigenvalue weighted by Crippen LogP contribution is 2.22. The van der Waals surface area contributed by atoms with Crippen molar-refractivity contribution in [3.63, 3.8) is 0 Å². The normalized spacial score (nSPS) is 15.6. The molecule has 0 spiro atoms. The van der Waals surface area contributed by atoms with Gasteiger partial charge in [0.05, 0.1) is 0 Å². The smallest absolute Gasteiger partial charge is 0.321 e. The van der Waals surface area contributed by atoms with Crippen molar-refractivity contribution in [3.8, 4) is 0 Å². The fraction of sp³-hybridized carbons (Fsp3) is 0.381. The van der Waals surface area contributed by atoms with E-state index in [1.54, 1.807) is 41.6 Å². The van der Waals surface area contributed by atoms with Crippen LogP contribution in [0.15, 0.2) is 48.8 Å². The van der Waals surface area contributed by atoms with E-state index in [2.05, 4.69) is 15.6 Å². The lowest BCUT2D eigenvalue weighted by Crippen LogP contribution is -2.46. The molecular formula is C21H26FN5O2. The molecule has 1 aromatic heterocycles. The van der Waals surface area contributed by atoms with E-state index in [9.17, 15) is 14.0 Å². The third-order valence-corrected chi connectivity index (χ3v) is 5.19. The summed E-state index contributed by atoms with van der Waals surface area (Å²) in [6.07, 6.45) is 5.01. The lowest BCUT2D eigenvalue weighted by molar-refractivity contribution is -0.121. The number of benzene rings is 1. The van der Waals surface area contributed by atoms with E-state index in [0.717, 1.165) is 18.4 Å². The SMILES string of the molecule is NC(CC(=O)NCc1ccc(F)cc1)C1CCN(C(=O)Nc2ccncc2)CC1. The molecule has 154 valence electrons. The number of carbonyl (C=O) groups is 2. The lowest BCUT2D eigenvalue weighted by Gasteiger charge is -2.34. The van der Waals surface area contributed by atoms with Gasteiger partial charge in [-0.2, -0.15) is 0 Å². The number of nitrogens with two attached hydrogens (primary N) is 1. The van der Waals surface area contributed by atoms with Crippen LogP contribution in [-0.4, -0.2) is 41.0 Å². The average Bonchev–Trinajstić information content (AvgIpc) is 2.74. The Morgan fingerprint density at radius 1 is 1.14 bits per heavy atom. The number of pyridine rings is 1. The van der Waals surface area contributed by atoms with E-state index in [4.69, 9.17) is 5.73 Å². The predicted molar refractivity (Wildman–Crippen MR) is 108 cm³/mol. The van der Waals surface area contributed by atoms with E-state index >= 15 is 0 Å². The Labute approximate surface area is 169 Å². The maximum atomic E-state index is 12.9. The third-order valence-electron chi connectivity index (χ3n) is 5.19. The highest BCUT2D eigenvalue weighted by atomic mass is 19.1. The van der Waals surface area contributed by atoms with Crippen LogP contribution in [0.25, 0.3) is 0 Å². The Morgan fingerprint density at radius 2 is 1.79 bits per heavy atom. The quantitative estimate of drug-likeness (QED) is 0.695. The zero-order valence-electron chi connectivity index (χ0n) is 16.2. The Morgan fingerprint density at radius 3 is 2.45 bits per heavy atom. The van der Waals surface area contributed by atoms with Crippen molar-refractivity contribution < 1.29 is 14.0 Å². The highest BCUT2D eigenvalue weighted by molar-refractivity contribution is 5.89. The number of rotatable bonds is 6. The van der Waals surface area contributed by atoms with Gasteiger partial charge in [0.2, 0.25) is 5.91 Å². The molecule has 1 atom stereocenters. The van der Waals surface area contributed by atoms with Crippen LogP contribution in [0.5, 0.6) is 0 Å². The number of halogens is 1. The van der Waals surface area contributed by atoms with Crippen LogP contribution in [-0.2, 0) is 11.3 Å². The lowest BCUT2D eigenvalue weighted by atomic mass is 9.88. The summed E-state index contributed by atoms with van der Waals surface area (Å²) < 4.78 is 12.9. The van der Waals surface area contributed by atoms with Gasteiger partial charge in [0.15, 0.2) is 0 Å². The van der Waals surface area contributed by atoms with Crippen LogP contribution in [0.3, 0.4) is 0 Å². The number of nitrogens with one attached hydrogen (secondary N) is 2. The molecule has 0 aliphatic carbocycles. The van der Waals surface area contributed by atoms with E-state index in [1.165, 1.54) is 12.1 Å². The second-order valence-electron chi connectivity index (χ2n) is 7.26. The van der Waals surface area contributed by atoms with E-state index in [0.29, 0.717) is 25.3 Å². The summed E-state index contributed by atoms with van der Waals surface area (Å²) >= 11 is 0. The second kappa shape index (κ2) is 9.97. The Hall–Kier alpha value is -3.00. The Balaban J connectivity index is 1.38. The molecule has 1 aromatic carbocycles. The van der Waals surface area contributed by atoms with Crippen molar-refractivity contribution in [1.82, 2.24) is 15.2 Å². The fourth-order valence-electron chi connectivity index (χ4n) is 3.42. The van der Waals surface area contributed by atoms with Crippen LogP contribution in [0.4, 0.5) is 14.9 Å². The molecule has 4 N–H and O–H groups in total. The van der Waals surface area contributed by atoms with Crippen LogP contribution in [0, 0.1) is 11.7 Å². The topological polar surface area (TPSA) is 100 Å². The van der Waals surface area contributed by atoms with Gasteiger partial charge in [-0.15, -0.1) is 0 Å². The molecule has 1 aliphatic rings. The van der Waals surface area contributed by atoms with E-state index in [-0.39, 0.29) is 36.1 Å². The summed E-state index contributed by atoms with van der Waals surface area (Å²) in [7, 11) is 0. The third kappa shape index (κ3) is 6.25. The number of hydrogen-bond acceptors (Lipinski definition) is 4. The van der Waals surface area contributed by atoms with Crippen LogP contribution in [0.1, 0.15) is 24.8 Å². The average molecular weight is 399 g/mol. The van der Waals surface area contributed by atoms with Crippen LogP contribution in [0.2, 0.25) is 0 Å². The van der Waals surface area contributed by atoms with E-state index < -0.39 is 0 Å². The molecule has 3 rings (SSSR count). The van der Waals surface area contributed by atoms with Gasteiger partial charge in [-0.25, -0.2) is 9.18 Å². The first-order valence-corrected chi connectivity index (χ1v) is 9.74. The minimum absolute atomic E-state index is 0.125. The highest BCUT2D eigenvalue weighted by Gasteiger charge is 2.27. The predicted octanol–water partition coefficient (Wildman–Crippen LogP) is 2.50. The standard InChI is InChI=1S/C21H26FN5O2/c22-17-3-1-15(2-4-17)14-25-20(28)13-19(23)16-7-11-27(12-8-16)21(29)26-18-5-9-24-10-6-18/h1-6,9-10,16,19H,7-8,11-14,23H2,(H,25,28)(H,24,26,29). The monoisotopic (exact) mass is 399 g/mol. The Bertz CT molecular complexity index is 808. The largest absolute Gasteiger partial charge is 0.352 e. The fourth-order valence-corrected chi connectivity index (χ4v) is 3.42. The van der Waals surface area contributed by atoms with Crippen molar-refractivity contribution in [2.45, 2.75) is 31.8 Å². The first kappa shape index (κ1) is 20.7. The van der Waals surface area contributed by atoms with Gasteiger partial charge in [0, 0.05) is 50.2 Å². The van der Waals surface area contributed by atoms with Gasteiger partial charge in [-0.05, 0) is 48.6 Å². The summed E-state index contributed by atoms with van der Waals surface area (Å²) in [6.45, 7) is 1.55.